The maximum Gasteiger partial charge on any atom is 0.160 e. The van der Waals surface area contributed by atoms with Crippen LogP contribution in [0.4, 0.5) is 0 Å². The molecule has 4 nitrogen and oxygen atoms in total. The van der Waals surface area contributed by atoms with Crippen LogP contribution in [0.25, 0.3) is 0 Å². The number of rotatable bonds is 10. The van der Waals surface area contributed by atoms with Crippen LogP contribution in [0.5, 0.6) is 17.2 Å². The Hall–Kier alpha value is -2.20. The van der Waals surface area contributed by atoms with Gasteiger partial charge in [0.1, 0.15) is 12.4 Å². The summed E-state index contributed by atoms with van der Waals surface area (Å²) in [6.07, 6.45) is -0.850. The zero-order valence-electron chi connectivity index (χ0n) is 22.7. The van der Waals surface area contributed by atoms with Crippen LogP contribution in [0.2, 0.25) is 0 Å². The summed E-state index contributed by atoms with van der Waals surface area (Å²) >= 11 is 0. The van der Waals surface area contributed by atoms with Gasteiger partial charge in [0.05, 0.1) is 29.9 Å². The molecular weight excluding hydrogens is 328 g/mol. The minimum Gasteiger partial charge on any atom is -0.493 e. The average Bonchev–Trinajstić information content (AvgIpc) is 2.77. The molecule has 142 valence electrons. The summed E-state index contributed by atoms with van der Waals surface area (Å²) in [7, 11) is 2.72. The third-order valence-corrected chi connectivity index (χ3v) is 3.96. The molecule has 2 rings (SSSR count). The van der Waals surface area contributed by atoms with E-state index < -0.39 is 12.7 Å². The van der Waals surface area contributed by atoms with E-state index in [0.29, 0.717) is 29.5 Å². The molecule has 0 saturated carbocycles. The Labute approximate surface area is 166 Å². The molecule has 1 N–H and O–H groups in total. The number of hydrogen-bond acceptors (Lipinski definition) is 4. The smallest absolute Gasteiger partial charge is 0.160 e. The minimum atomic E-state index is -1.98. The number of ether oxygens (including phenoxy) is 3. The van der Waals surface area contributed by atoms with E-state index in [1.54, 1.807) is 13.8 Å². The highest BCUT2D eigenvalue weighted by atomic mass is 16.5. The zero-order valence-corrected chi connectivity index (χ0v) is 15.7. The third kappa shape index (κ3) is 5.95. The molecule has 0 aromatic heterocycles. The van der Waals surface area contributed by atoms with E-state index in [9.17, 15) is 5.11 Å². The van der Waals surface area contributed by atoms with Crippen molar-refractivity contribution in [1.29, 1.82) is 0 Å². The standard InChI is InChI=1S/C22H30O4/c1-16-9-11-20(13-17(16)2)26-15-19(23)8-6-5-7-18-10-12-21(24-3)22(14-18)25-4/h9-14,19,23H,5-8,15H2,1-4H3/i9D,10D,11D,12D,13D,14D,19D. The largest absolute Gasteiger partial charge is 0.493 e. The summed E-state index contributed by atoms with van der Waals surface area (Å²) in [5, 5.41) is 10.4. The van der Waals surface area contributed by atoms with Crippen LogP contribution in [-0.2, 0) is 6.42 Å². The lowest BCUT2D eigenvalue weighted by Gasteiger charge is -2.13. The van der Waals surface area contributed by atoms with E-state index in [1.165, 1.54) is 14.2 Å². The van der Waals surface area contributed by atoms with Gasteiger partial charge in [0, 0.05) is 0 Å². The lowest BCUT2D eigenvalue weighted by atomic mass is 10.0. The molecule has 0 spiro atoms. The topological polar surface area (TPSA) is 47.9 Å². The van der Waals surface area contributed by atoms with E-state index in [-0.39, 0.29) is 66.3 Å². The Kier molecular flexibility index (Phi) is 4.74. The highest BCUT2D eigenvalue weighted by Gasteiger charge is 2.07. The van der Waals surface area contributed by atoms with Crippen LogP contribution < -0.4 is 14.2 Å². The van der Waals surface area contributed by atoms with Crippen LogP contribution in [0.1, 0.15) is 45.5 Å². The zero-order chi connectivity index (χ0) is 25.1. The van der Waals surface area contributed by atoms with Gasteiger partial charge in [0.2, 0.25) is 0 Å². The highest BCUT2D eigenvalue weighted by Crippen LogP contribution is 2.28. The van der Waals surface area contributed by atoms with Gasteiger partial charge in [-0.25, -0.2) is 0 Å². The van der Waals surface area contributed by atoms with Gasteiger partial charge in [-0.05, 0) is 74.0 Å². The van der Waals surface area contributed by atoms with E-state index >= 15 is 0 Å². The number of methoxy groups -OCH3 is 2. The fraction of sp³-hybridized carbons (Fsp3) is 0.455. The summed E-state index contributed by atoms with van der Waals surface area (Å²) in [6.45, 7) is 2.85. The van der Waals surface area contributed by atoms with Gasteiger partial charge in [0.15, 0.2) is 11.5 Å². The second kappa shape index (κ2) is 10.1. The molecule has 1 unspecified atom stereocenters. The van der Waals surface area contributed by atoms with Crippen molar-refractivity contribution in [2.45, 2.75) is 45.6 Å². The molecule has 2 aromatic carbocycles. The fourth-order valence-electron chi connectivity index (χ4n) is 2.30. The molecule has 0 aliphatic carbocycles. The summed E-state index contributed by atoms with van der Waals surface area (Å²) in [5.74, 6) is 0.0110. The molecule has 0 radical (unpaired) electrons. The molecule has 0 saturated heterocycles. The summed E-state index contributed by atoms with van der Waals surface area (Å²) in [4.78, 5) is 0. The average molecular weight is 366 g/mol. The number of aliphatic hydroxyl groups is 1. The lowest BCUT2D eigenvalue weighted by molar-refractivity contribution is 0.0976. The van der Waals surface area contributed by atoms with E-state index in [1.807, 2.05) is 0 Å². The van der Waals surface area contributed by atoms with Gasteiger partial charge in [0.25, 0.3) is 0 Å². The summed E-state index contributed by atoms with van der Waals surface area (Å²) < 4.78 is 72.4. The van der Waals surface area contributed by atoms with Gasteiger partial charge >= 0.3 is 0 Å². The molecule has 2 aromatic rings. The molecule has 0 fully saturated rings. The van der Waals surface area contributed by atoms with E-state index in [2.05, 4.69) is 0 Å². The SMILES string of the molecule is [2H]c1c([2H])c(OCC([2H])(O)CCCCc2c([2H])c([2H])c(OC)c(OC)c2[2H])c([2H])c(C)c1C. The molecule has 0 aliphatic rings. The lowest BCUT2D eigenvalue weighted by Crippen LogP contribution is -2.17. The van der Waals surface area contributed by atoms with Gasteiger partial charge in [-0.2, -0.15) is 0 Å². The van der Waals surface area contributed by atoms with Crippen molar-refractivity contribution in [3.05, 3.63) is 52.9 Å². The van der Waals surface area contributed by atoms with E-state index in [4.69, 9.17) is 23.8 Å². The van der Waals surface area contributed by atoms with Gasteiger partial charge < -0.3 is 19.3 Å². The summed E-state index contributed by atoms with van der Waals surface area (Å²) in [5.41, 5.74) is 1.37. The van der Waals surface area contributed by atoms with Gasteiger partial charge in [-0.3, -0.25) is 0 Å². The maximum atomic E-state index is 10.4. The van der Waals surface area contributed by atoms with Crippen LogP contribution in [0.3, 0.4) is 0 Å². The monoisotopic (exact) mass is 365 g/mol. The van der Waals surface area contributed by atoms with Crippen molar-refractivity contribution in [2.24, 2.45) is 0 Å². The second-order valence-electron chi connectivity index (χ2n) is 5.94. The fourth-order valence-corrected chi connectivity index (χ4v) is 2.30. The Morgan fingerprint density at radius 3 is 2.50 bits per heavy atom. The minimum absolute atomic E-state index is 0.0216. The molecular formula is C22H30O4. The molecule has 0 heterocycles. The first-order valence-corrected chi connectivity index (χ1v) is 8.50. The molecule has 0 aliphatic heterocycles. The van der Waals surface area contributed by atoms with Crippen LogP contribution in [0, 0.1) is 13.8 Å². The Morgan fingerprint density at radius 2 is 1.77 bits per heavy atom. The molecule has 1 atom stereocenters. The van der Waals surface area contributed by atoms with Crippen LogP contribution >= 0.6 is 0 Å². The van der Waals surface area contributed by atoms with Crippen molar-refractivity contribution in [1.82, 2.24) is 0 Å². The Bertz CT molecular complexity index is 996. The molecule has 0 amide bonds. The van der Waals surface area contributed by atoms with Gasteiger partial charge in [-0.15, -0.1) is 0 Å². The maximum absolute atomic E-state index is 10.4. The highest BCUT2D eigenvalue weighted by molar-refractivity contribution is 5.42. The first-order chi connectivity index (χ1) is 15.4. The first kappa shape index (κ1) is 12.2. The van der Waals surface area contributed by atoms with Crippen molar-refractivity contribution >= 4 is 0 Å². The van der Waals surface area contributed by atoms with Crippen molar-refractivity contribution in [3.8, 4) is 17.2 Å². The Morgan fingerprint density at radius 1 is 1.00 bits per heavy atom. The normalized spacial score (nSPS) is 16.9. The third-order valence-electron chi connectivity index (χ3n) is 3.96. The summed E-state index contributed by atoms with van der Waals surface area (Å²) in [6, 6.07) is -0.626. The molecule has 4 heteroatoms. The number of hydrogen-bond donors (Lipinski definition) is 1. The second-order valence-corrected chi connectivity index (χ2v) is 5.94. The van der Waals surface area contributed by atoms with Crippen LogP contribution in [0.15, 0.2) is 36.3 Å². The first-order valence-electron chi connectivity index (χ1n) is 12.0. The van der Waals surface area contributed by atoms with Crippen molar-refractivity contribution in [2.75, 3.05) is 20.8 Å². The number of benzene rings is 2. The van der Waals surface area contributed by atoms with Crippen LogP contribution in [-0.4, -0.2) is 32.0 Å². The number of unbranched alkanes of at least 4 members (excludes halogenated alkanes) is 1. The van der Waals surface area contributed by atoms with Crippen molar-refractivity contribution in [3.63, 3.8) is 0 Å². The molecule has 26 heavy (non-hydrogen) atoms. The predicted octanol–water partition coefficient (Wildman–Crippen LogP) is 4.47. The quantitative estimate of drug-likeness (QED) is 0.631. The van der Waals surface area contributed by atoms with Gasteiger partial charge in [-0.1, -0.05) is 18.5 Å². The predicted molar refractivity (Wildman–Crippen MR) is 105 cm³/mol. The Balaban J connectivity index is 2.03. The van der Waals surface area contributed by atoms with E-state index in [0.717, 1.165) is 0 Å². The van der Waals surface area contributed by atoms with Crippen molar-refractivity contribution < 1.29 is 28.9 Å². The molecule has 0 bridgehead atoms.